The number of amides is 2. The van der Waals surface area contributed by atoms with Crippen molar-refractivity contribution < 1.29 is 19.1 Å². The number of hydrogen-bond acceptors (Lipinski definition) is 5. The van der Waals surface area contributed by atoms with E-state index >= 15 is 0 Å². The number of benzene rings is 1. The van der Waals surface area contributed by atoms with Gasteiger partial charge in [0.25, 0.3) is 0 Å². The highest BCUT2D eigenvalue weighted by Gasteiger charge is 2.45. The molecule has 1 unspecified atom stereocenters. The number of ketones is 1. The van der Waals surface area contributed by atoms with Gasteiger partial charge in [0.2, 0.25) is 11.8 Å². The third-order valence-corrected chi connectivity index (χ3v) is 5.66. The van der Waals surface area contributed by atoms with E-state index in [1.807, 2.05) is 31.2 Å². The summed E-state index contributed by atoms with van der Waals surface area (Å²) in [6.07, 6.45) is 2.19. The molecule has 1 aromatic carbocycles. The molecule has 1 aliphatic heterocycles. The van der Waals surface area contributed by atoms with Gasteiger partial charge in [0.1, 0.15) is 11.8 Å². The van der Waals surface area contributed by atoms with Crippen LogP contribution in [-0.4, -0.2) is 53.8 Å². The molecule has 28 heavy (non-hydrogen) atoms. The predicted molar refractivity (Wildman–Crippen MR) is 107 cm³/mol. The lowest BCUT2D eigenvalue weighted by Gasteiger charge is -2.36. The maximum atomic E-state index is 13.3. The van der Waals surface area contributed by atoms with Crippen LogP contribution in [-0.2, 0) is 20.8 Å². The minimum atomic E-state index is -0.827. The molecular weight excluding hydrogens is 358 g/mol. The number of hydrogen-bond donors (Lipinski definition) is 2. The Morgan fingerprint density at radius 2 is 1.93 bits per heavy atom. The third kappa shape index (κ3) is 4.70. The summed E-state index contributed by atoms with van der Waals surface area (Å²) in [5, 5.41) is 2.80. The van der Waals surface area contributed by atoms with Crippen molar-refractivity contribution in [2.24, 2.45) is 5.73 Å². The van der Waals surface area contributed by atoms with Gasteiger partial charge in [-0.1, -0.05) is 19.1 Å². The first kappa shape index (κ1) is 21.9. The number of likely N-dealkylation sites (tertiary alicyclic amines) is 1. The second-order valence-corrected chi connectivity index (χ2v) is 7.55. The van der Waals surface area contributed by atoms with Crippen LogP contribution in [0.25, 0.3) is 0 Å². The highest BCUT2D eigenvalue weighted by atomic mass is 16.5. The van der Waals surface area contributed by atoms with E-state index in [-0.39, 0.29) is 17.6 Å². The van der Waals surface area contributed by atoms with Gasteiger partial charge in [0.15, 0.2) is 5.78 Å². The molecule has 2 amide bonds. The molecule has 2 rings (SSSR count). The number of rotatable bonds is 8. The molecular formula is C21H31N3O4. The zero-order valence-electron chi connectivity index (χ0n) is 17.2. The van der Waals surface area contributed by atoms with E-state index in [1.54, 1.807) is 18.9 Å². The monoisotopic (exact) mass is 389 g/mol. The van der Waals surface area contributed by atoms with Crippen molar-refractivity contribution in [2.75, 3.05) is 13.7 Å². The van der Waals surface area contributed by atoms with E-state index in [9.17, 15) is 14.4 Å². The molecule has 0 bridgehead atoms. The van der Waals surface area contributed by atoms with Gasteiger partial charge in [0, 0.05) is 13.0 Å². The zero-order valence-corrected chi connectivity index (χ0v) is 17.2. The van der Waals surface area contributed by atoms with E-state index < -0.39 is 17.6 Å². The molecule has 1 fully saturated rings. The topological polar surface area (TPSA) is 102 Å². The van der Waals surface area contributed by atoms with Crippen LogP contribution in [0.15, 0.2) is 24.3 Å². The minimum Gasteiger partial charge on any atom is -0.497 e. The lowest BCUT2D eigenvalue weighted by molar-refractivity contribution is -0.145. The van der Waals surface area contributed by atoms with Crippen LogP contribution in [0.1, 0.15) is 45.6 Å². The Kier molecular flexibility index (Phi) is 7.18. The van der Waals surface area contributed by atoms with Gasteiger partial charge in [-0.25, -0.2) is 0 Å². The molecule has 1 aliphatic rings. The minimum absolute atomic E-state index is 0.0434. The van der Waals surface area contributed by atoms with Crippen molar-refractivity contribution in [2.45, 2.75) is 64.1 Å². The first-order valence-corrected chi connectivity index (χ1v) is 9.74. The van der Waals surface area contributed by atoms with Crippen LogP contribution >= 0.6 is 0 Å². The van der Waals surface area contributed by atoms with E-state index in [4.69, 9.17) is 10.5 Å². The van der Waals surface area contributed by atoms with Crippen molar-refractivity contribution in [3.8, 4) is 5.75 Å². The van der Waals surface area contributed by atoms with Gasteiger partial charge >= 0.3 is 0 Å². The van der Waals surface area contributed by atoms with Crippen molar-refractivity contribution in [1.82, 2.24) is 10.2 Å². The van der Waals surface area contributed by atoms with Gasteiger partial charge in [-0.05, 0) is 50.8 Å². The fraction of sp³-hybridized carbons (Fsp3) is 0.571. The normalized spacial score (nSPS) is 21.1. The summed E-state index contributed by atoms with van der Waals surface area (Å²) in [7, 11) is 1.59. The number of methoxy groups -OCH3 is 1. The fourth-order valence-electron chi connectivity index (χ4n) is 3.53. The van der Waals surface area contributed by atoms with Crippen LogP contribution in [0, 0.1) is 0 Å². The number of nitrogens with zero attached hydrogens (tertiary/aromatic N) is 1. The second-order valence-electron chi connectivity index (χ2n) is 7.55. The maximum Gasteiger partial charge on any atom is 0.246 e. The summed E-state index contributed by atoms with van der Waals surface area (Å²) >= 11 is 0. The molecule has 0 aliphatic carbocycles. The molecule has 3 atom stereocenters. The van der Waals surface area contributed by atoms with Gasteiger partial charge in [-0.2, -0.15) is 0 Å². The second kappa shape index (κ2) is 9.19. The van der Waals surface area contributed by atoms with Gasteiger partial charge in [0.05, 0.1) is 18.7 Å². The van der Waals surface area contributed by atoms with Crippen LogP contribution in [0.3, 0.4) is 0 Å². The van der Waals surface area contributed by atoms with E-state index in [0.717, 1.165) is 12.0 Å². The van der Waals surface area contributed by atoms with Crippen molar-refractivity contribution in [3.05, 3.63) is 29.8 Å². The fourth-order valence-corrected chi connectivity index (χ4v) is 3.53. The molecule has 0 aromatic heterocycles. The molecule has 1 saturated heterocycles. The number of ether oxygens (including phenoxy) is 1. The third-order valence-electron chi connectivity index (χ3n) is 5.66. The first-order valence-electron chi connectivity index (χ1n) is 9.74. The zero-order chi connectivity index (χ0) is 20.9. The Bertz CT molecular complexity index is 719. The highest BCUT2D eigenvalue weighted by molar-refractivity contribution is 5.95. The average molecular weight is 389 g/mol. The number of Topliss-reactive ketones (excluding diaryl/α,β-unsaturated/α-hetero) is 1. The van der Waals surface area contributed by atoms with Gasteiger partial charge in [-0.15, -0.1) is 0 Å². The number of carbonyl (C=O) groups excluding carboxylic acids is 3. The first-order chi connectivity index (χ1) is 13.2. The maximum absolute atomic E-state index is 13.3. The van der Waals surface area contributed by atoms with Crippen molar-refractivity contribution >= 4 is 17.6 Å². The lowest BCUT2D eigenvalue weighted by Crippen LogP contribution is -2.58. The molecule has 3 N–H and O–H groups in total. The Hall–Kier alpha value is -2.41. The molecule has 7 nitrogen and oxygen atoms in total. The molecule has 1 aromatic rings. The summed E-state index contributed by atoms with van der Waals surface area (Å²) < 4.78 is 5.17. The van der Waals surface area contributed by atoms with Crippen LogP contribution in [0.5, 0.6) is 5.75 Å². The Morgan fingerprint density at radius 3 is 2.46 bits per heavy atom. The Morgan fingerprint density at radius 1 is 1.29 bits per heavy atom. The summed E-state index contributed by atoms with van der Waals surface area (Å²) in [6, 6.07) is 5.88. The largest absolute Gasteiger partial charge is 0.497 e. The lowest BCUT2D eigenvalue weighted by atomic mass is 9.93. The number of nitrogens with one attached hydrogen (secondary N) is 1. The predicted octanol–water partition coefficient (Wildman–Crippen LogP) is 1.43. The smallest absolute Gasteiger partial charge is 0.246 e. The molecule has 0 saturated carbocycles. The molecule has 0 spiro atoms. The van der Waals surface area contributed by atoms with Gasteiger partial charge in [-0.3, -0.25) is 14.4 Å². The number of nitrogens with two attached hydrogens (primary N) is 1. The van der Waals surface area contributed by atoms with E-state index in [2.05, 4.69) is 5.32 Å². The Balaban J connectivity index is 2.27. The molecule has 0 radical (unpaired) electrons. The summed E-state index contributed by atoms with van der Waals surface area (Å²) in [6.45, 7) is 5.63. The van der Waals surface area contributed by atoms with E-state index in [1.165, 1.54) is 6.92 Å². The Labute approximate surface area is 166 Å². The average Bonchev–Trinajstić information content (AvgIpc) is 3.09. The highest BCUT2D eigenvalue weighted by Crippen LogP contribution is 2.31. The van der Waals surface area contributed by atoms with Crippen molar-refractivity contribution in [3.63, 3.8) is 0 Å². The molecule has 7 heteroatoms. The van der Waals surface area contributed by atoms with Crippen LogP contribution < -0.4 is 15.8 Å². The molecule has 1 heterocycles. The van der Waals surface area contributed by atoms with Gasteiger partial charge < -0.3 is 20.7 Å². The van der Waals surface area contributed by atoms with Crippen LogP contribution in [0.4, 0.5) is 0 Å². The summed E-state index contributed by atoms with van der Waals surface area (Å²) in [5.41, 5.74) is 5.90. The van der Waals surface area contributed by atoms with Crippen LogP contribution in [0.2, 0.25) is 0 Å². The number of carbonyl (C=O) groups is 3. The van der Waals surface area contributed by atoms with E-state index in [0.29, 0.717) is 31.6 Å². The SMILES string of the molecule is CCC(N)C(=O)N[C@@H](Cc1ccc(OC)cc1)C(=O)N1CCC[C@@]1(C)C(C)=O. The standard InChI is InChI=1S/C21H31N3O4/c1-5-17(22)19(26)23-18(13-15-7-9-16(28-4)10-8-15)20(27)24-12-6-11-21(24,3)14(2)25/h7-10,17-18H,5-6,11-13,22H2,1-4H3,(H,23,26)/t17?,18-,21-/m0/s1. The summed E-state index contributed by atoms with van der Waals surface area (Å²) in [4.78, 5) is 39.5. The quantitative estimate of drug-likeness (QED) is 0.700. The van der Waals surface area contributed by atoms with Crippen molar-refractivity contribution in [1.29, 1.82) is 0 Å². The summed E-state index contributed by atoms with van der Waals surface area (Å²) in [5.74, 6) is 0.0613. The molecule has 154 valence electrons.